The minimum atomic E-state index is -0.0907. The molecule has 23 heavy (non-hydrogen) atoms. The van der Waals surface area contributed by atoms with Crippen LogP contribution < -0.4 is 5.32 Å². The average Bonchev–Trinajstić information content (AvgIpc) is 3.19. The third kappa shape index (κ3) is 4.15. The van der Waals surface area contributed by atoms with Gasteiger partial charge in [0, 0.05) is 10.9 Å². The Bertz CT molecular complexity index is 814. The molecule has 0 atom stereocenters. The van der Waals surface area contributed by atoms with Gasteiger partial charge in [0.25, 0.3) is 0 Å². The Hall–Kier alpha value is -1.77. The molecular formula is C15H14N4OS3. The zero-order valence-electron chi connectivity index (χ0n) is 12.6. The number of benzene rings is 1. The minimum absolute atomic E-state index is 0.0907. The smallest absolute Gasteiger partial charge is 0.236 e. The number of amides is 1. The lowest BCUT2D eigenvalue weighted by Gasteiger charge is -2.04. The molecule has 1 aromatic carbocycles. The molecule has 0 unspecified atom stereocenters. The van der Waals surface area contributed by atoms with Crippen molar-refractivity contribution in [2.75, 3.05) is 11.1 Å². The first kappa shape index (κ1) is 16.1. The van der Waals surface area contributed by atoms with E-state index >= 15 is 0 Å². The zero-order valence-corrected chi connectivity index (χ0v) is 15.0. The predicted molar refractivity (Wildman–Crippen MR) is 96.3 cm³/mol. The quantitative estimate of drug-likeness (QED) is 0.695. The van der Waals surface area contributed by atoms with Gasteiger partial charge in [-0.25, -0.2) is 4.98 Å². The second-order valence-electron chi connectivity index (χ2n) is 4.90. The molecule has 3 rings (SSSR count). The van der Waals surface area contributed by atoms with E-state index < -0.39 is 0 Å². The zero-order chi connectivity index (χ0) is 16.2. The second-order valence-corrected chi connectivity index (χ2v) is 7.81. The van der Waals surface area contributed by atoms with Gasteiger partial charge in [0.15, 0.2) is 9.47 Å². The highest BCUT2D eigenvalue weighted by molar-refractivity contribution is 8.01. The molecule has 0 bridgehead atoms. The number of hydrogen-bond donors (Lipinski definition) is 1. The van der Waals surface area contributed by atoms with Crippen molar-refractivity contribution in [3.63, 3.8) is 0 Å². The molecule has 8 heteroatoms. The maximum Gasteiger partial charge on any atom is 0.236 e. The second kappa shape index (κ2) is 7.20. The largest absolute Gasteiger partial charge is 0.301 e. The van der Waals surface area contributed by atoms with Crippen LogP contribution in [0, 0.1) is 13.8 Å². The van der Waals surface area contributed by atoms with Crippen molar-refractivity contribution in [1.29, 1.82) is 0 Å². The number of hydrogen-bond acceptors (Lipinski definition) is 7. The highest BCUT2D eigenvalue weighted by Gasteiger charge is 2.11. The van der Waals surface area contributed by atoms with Crippen LogP contribution in [0.25, 0.3) is 11.3 Å². The molecule has 2 aromatic heterocycles. The van der Waals surface area contributed by atoms with E-state index in [1.807, 2.05) is 5.38 Å². The Morgan fingerprint density at radius 1 is 1.30 bits per heavy atom. The molecule has 3 aromatic rings. The van der Waals surface area contributed by atoms with Crippen molar-refractivity contribution >= 4 is 45.5 Å². The van der Waals surface area contributed by atoms with Crippen molar-refractivity contribution < 1.29 is 4.79 Å². The Kier molecular flexibility index (Phi) is 5.04. The van der Waals surface area contributed by atoms with Crippen LogP contribution in [-0.2, 0) is 4.79 Å². The van der Waals surface area contributed by atoms with E-state index in [0.29, 0.717) is 10.9 Å². The van der Waals surface area contributed by atoms with Crippen molar-refractivity contribution in [2.45, 2.75) is 18.2 Å². The number of nitrogens with zero attached hydrogens (tertiary/aromatic N) is 3. The van der Waals surface area contributed by atoms with Crippen LogP contribution in [0.2, 0.25) is 0 Å². The number of carbonyl (C=O) groups is 1. The summed E-state index contributed by atoms with van der Waals surface area (Å²) in [5, 5.41) is 13.1. The lowest BCUT2D eigenvalue weighted by atomic mass is 10.0. The maximum atomic E-state index is 12.0. The molecule has 1 amide bonds. The van der Waals surface area contributed by atoms with Crippen LogP contribution in [0.15, 0.2) is 33.4 Å². The summed E-state index contributed by atoms with van der Waals surface area (Å²) in [7, 11) is 0. The van der Waals surface area contributed by atoms with Crippen molar-refractivity contribution in [3.8, 4) is 11.3 Å². The van der Waals surface area contributed by atoms with E-state index in [9.17, 15) is 4.79 Å². The molecule has 0 saturated carbocycles. The van der Waals surface area contributed by atoms with E-state index in [0.717, 1.165) is 15.6 Å². The van der Waals surface area contributed by atoms with Crippen LogP contribution in [0.5, 0.6) is 0 Å². The van der Waals surface area contributed by atoms with Crippen LogP contribution in [-0.4, -0.2) is 26.8 Å². The number of aromatic nitrogens is 3. The normalized spacial score (nSPS) is 10.7. The van der Waals surface area contributed by atoms with Crippen LogP contribution in [0.4, 0.5) is 5.13 Å². The molecule has 0 aliphatic carbocycles. The van der Waals surface area contributed by atoms with Gasteiger partial charge in [-0.3, -0.25) is 4.79 Å². The molecule has 118 valence electrons. The van der Waals surface area contributed by atoms with Gasteiger partial charge in [-0.2, -0.15) is 0 Å². The number of thiazole rings is 1. The predicted octanol–water partition coefficient (Wildman–Crippen LogP) is 4.01. The summed E-state index contributed by atoms with van der Waals surface area (Å²) in [5.74, 6) is 0.209. The van der Waals surface area contributed by atoms with E-state index in [1.165, 1.54) is 45.6 Å². The van der Waals surface area contributed by atoms with Gasteiger partial charge in [0.2, 0.25) is 5.91 Å². The maximum absolute atomic E-state index is 12.0. The molecule has 2 heterocycles. The van der Waals surface area contributed by atoms with Crippen LogP contribution in [0.3, 0.4) is 0 Å². The number of thioether (sulfide) groups is 1. The van der Waals surface area contributed by atoms with Gasteiger partial charge >= 0.3 is 0 Å². The van der Waals surface area contributed by atoms with Crippen LogP contribution in [0.1, 0.15) is 11.1 Å². The Morgan fingerprint density at radius 2 is 2.17 bits per heavy atom. The summed E-state index contributed by atoms with van der Waals surface area (Å²) in [4.78, 5) is 16.5. The van der Waals surface area contributed by atoms with Gasteiger partial charge in [0.1, 0.15) is 5.51 Å². The summed E-state index contributed by atoms with van der Waals surface area (Å²) >= 11 is 4.23. The fourth-order valence-corrected chi connectivity index (χ4v) is 3.99. The van der Waals surface area contributed by atoms with E-state index in [-0.39, 0.29) is 5.91 Å². The summed E-state index contributed by atoms with van der Waals surface area (Å²) < 4.78 is 0.787. The Morgan fingerprint density at radius 3 is 2.96 bits per heavy atom. The number of aryl methyl sites for hydroxylation is 2. The fraction of sp³-hybridized carbons (Fsp3) is 0.200. The average molecular weight is 363 g/mol. The highest BCUT2D eigenvalue weighted by atomic mass is 32.2. The standard InChI is InChI=1S/C15H14N4OS3/c1-9-3-4-10(2)11(5-9)12-6-21-14(17-12)18-13(20)7-22-15-19-16-8-23-15/h3-6,8H,7H2,1-2H3,(H,17,18,20). The first-order valence-corrected chi connectivity index (χ1v) is 9.58. The van der Waals surface area contributed by atoms with Crippen molar-refractivity contribution in [1.82, 2.24) is 15.2 Å². The number of anilines is 1. The highest BCUT2D eigenvalue weighted by Crippen LogP contribution is 2.28. The topological polar surface area (TPSA) is 67.8 Å². The van der Waals surface area contributed by atoms with Crippen LogP contribution >= 0.6 is 34.4 Å². The number of rotatable bonds is 5. The number of nitrogens with one attached hydrogen (secondary N) is 1. The summed E-state index contributed by atoms with van der Waals surface area (Å²) in [6.07, 6.45) is 0. The van der Waals surface area contributed by atoms with Crippen molar-refractivity contribution in [2.24, 2.45) is 0 Å². The van der Waals surface area contributed by atoms with Gasteiger partial charge in [-0.15, -0.1) is 21.5 Å². The van der Waals surface area contributed by atoms with E-state index in [4.69, 9.17) is 0 Å². The molecule has 1 N–H and O–H groups in total. The third-order valence-corrected chi connectivity index (χ3v) is 5.70. The van der Waals surface area contributed by atoms with Crippen molar-refractivity contribution in [3.05, 3.63) is 40.2 Å². The van der Waals surface area contributed by atoms with E-state index in [1.54, 1.807) is 5.51 Å². The van der Waals surface area contributed by atoms with Gasteiger partial charge in [0.05, 0.1) is 11.4 Å². The van der Waals surface area contributed by atoms with Gasteiger partial charge < -0.3 is 5.32 Å². The molecule has 0 spiro atoms. The molecular weight excluding hydrogens is 348 g/mol. The molecule has 5 nitrogen and oxygen atoms in total. The fourth-order valence-electron chi connectivity index (χ4n) is 1.98. The Labute approximate surface area is 146 Å². The molecule has 0 aliphatic rings. The molecule has 0 saturated heterocycles. The summed E-state index contributed by atoms with van der Waals surface area (Å²) in [6, 6.07) is 6.28. The molecule has 0 aliphatic heterocycles. The van der Waals surface area contributed by atoms with Gasteiger partial charge in [-0.05, 0) is 25.5 Å². The first-order chi connectivity index (χ1) is 11.1. The molecule has 0 radical (unpaired) electrons. The minimum Gasteiger partial charge on any atom is -0.301 e. The summed E-state index contributed by atoms with van der Waals surface area (Å²) in [5.41, 5.74) is 6.01. The number of carbonyl (C=O) groups excluding carboxylic acids is 1. The summed E-state index contributed by atoms with van der Waals surface area (Å²) in [6.45, 7) is 4.12. The molecule has 0 fully saturated rings. The lowest BCUT2D eigenvalue weighted by molar-refractivity contribution is -0.113. The SMILES string of the molecule is Cc1ccc(C)c(-c2csc(NC(=O)CSc3nncs3)n2)c1. The van der Waals surface area contributed by atoms with E-state index in [2.05, 4.69) is 52.5 Å². The third-order valence-electron chi connectivity index (χ3n) is 3.09. The lowest BCUT2D eigenvalue weighted by Crippen LogP contribution is -2.13. The Balaban J connectivity index is 1.65. The first-order valence-electron chi connectivity index (χ1n) is 6.84. The van der Waals surface area contributed by atoms with Gasteiger partial charge in [-0.1, -0.05) is 40.8 Å². The monoisotopic (exact) mass is 362 g/mol.